The van der Waals surface area contributed by atoms with E-state index in [0.717, 1.165) is 18.6 Å². The number of fused-ring (bicyclic) bond motifs is 1. The Morgan fingerprint density at radius 3 is 2.71 bits per heavy atom. The molecule has 106 valence electrons. The van der Waals surface area contributed by atoms with Gasteiger partial charge >= 0.3 is 0 Å². The van der Waals surface area contributed by atoms with E-state index in [4.69, 9.17) is 9.15 Å². The van der Waals surface area contributed by atoms with Crippen molar-refractivity contribution < 1.29 is 9.15 Å². The first-order valence-electron chi connectivity index (χ1n) is 7.01. The zero-order valence-corrected chi connectivity index (χ0v) is 11.6. The van der Waals surface area contributed by atoms with Gasteiger partial charge in [-0.25, -0.2) is 0 Å². The molecule has 0 amide bonds. The lowest BCUT2D eigenvalue weighted by molar-refractivity contribution is 0.311. The second-order valence-electron chi connectivity index (χ2n) is 4.88. The molecule has 3 nitrogen and oxygen atoms in total. The summed E-state index contributed by atoms with van der Waals surface area (Å²) in [4.78, 5) is 11.6. The molecule has 1 aromatic heterocycles. The highest BCUT2D eigenvalue weighted by Gasteiger charge is 2.02. The number of hydrogen-bond donors (Lipinski definition) is 0. The van der Waals surface area contributed by atoms with Crippen molar-refractivity contribution in [3.8, 4) is 5.75 Å². The Labute approximate surface area is 122 Å². The second kappa shape index (κ2) is 6.27. The highest BCUT2D eigenvalue weighted by atomic mass is 16.5. The molecule has 0 aliphatic rings. The zero-order valence-electron chi connectivity index (χ0n) is 11.6. The SMILES string of the molecule is O=c1ccoc2cc(OCCCc3ccccc3)ccc12. The van der Waals surface area contributed by atoms with Crippen molar-refractivity contribution in [1.29, 1.82) is 0 Å². The quantitative estimate of drug-likeness (QED) is 0.667. The van der Waals surface area contributed by atoms with E-state index in [1.807, 2.05) is 24.3 Å². The van der Waals surface area contributed by atoms with Gasteiger partial charge in [0.15, 0.2) is 5.43 Å². The van der Waals surface area contributed by atoms with Crippen molar-refractivity contribution in [2.24, 2.45) is 0 Å². The first-order chi connectivity index (χ1) is 10.3. The van der Waals surface area contributed by atoms with Crippen molar-refractivity contribution >= 4 is 11.0 Å². The van der Waals surface area contributed by atoms with Crippen LogP contribution in [0.15, 0.2) is 70.1 Å². The van der Waals surface area contributed by atoms with Crippen molar-refractivity contribution in [3.05, 3.63) is 76.6 Å². The summed E-state index contributed by atoms with van der Waals surface area (Å²) >= 11 is 0. The van der Waals surface area contributed by atoms with Crippen LogP contribution in [0.25, 0.3) is 11.0 Å². The van der Waals surface area contributed by atoms with Crippen LogP contribution in [0.3, 0.4) is 0 Å². The van der Waals surface area contributed by atoms with Crippen molar-refractivity contribution in [1.82, 2.24) is 0 Å². The van der Waals surface area contributed by atoms with Crippen LogP contribution < -0.4 is 10.2 Å². The lowest BCUT2D eigenvalue weighted by atomic mass is 10.1. The summed E-state index contributed by atoms with van der Waals surface area (Å²) in [5.74, 6) is 0.727. The largest absolute Gasteiger partial charge is 0.493 e. The first-order valence-corrected chi connectivity index (χ1v) is 7.01. The molecule has 2 aromatic carbocycles. The molecule has 0 saturated carbocycles. The minimum Gasteiger partial charge on any atom is -0.493 e. The normalized spacial score (nSPS) is 10.7. The van der Waals surface area contributed by atoms with Gasteiger partial charge in [-0.3, -0.25) is 4.79 Å². The van der Waals surface area contributed by atoms with E-state index in [9.17, 15) is 4.79 Å². The van der Waals surface area contributed by atoms with Gasteiger partial charge in [0, 0.05) is 12.1 Å². The predicted molar refractivity (Wildman–Crippen MR) is 82.7 cm³/mol. The fourth-order valence-corrected chi connectivity index (χ4v) is 2.26. The van der Waals surface area contributed by atoms with Gasteiger partial charge in [0.05, 0.1) is 18.3 Å². The average Bonchev–Trinajstić information content (AvgIpc) is 2.53. The molecule has 0 N–H and O–H groups in total. The summed E-state index contributed by atoms with van der Waals surface area (Å²) in [6, 6.07) is 17.1. The molecular formula is C18H16O3. The van der Waals surface area contributed by atoms with Crippen LogP contribution >= 0.6 is 0 Å². The molecule has 0 bridgehead atoms. The fraction of sp³-hybridized carbons (Fsp3) is 0.167. The lowest BCUT2D eigenvalue weighted by Gasteiger charge is -2.06. The Bertz CT molecular complexity index is 775. The highest BCUT2D eigenvalue weighted by Crippen LogP contribution is 2.18. The third-order valence-electron chi connectivity index (χ3n) is 3.35. The van der Waals surface area contributed by atoms with Crippen LogP contribution in [0.1, 0.15) is 12.0 Å². The molecule has 0 atom stereocenters. The minimum atomic E-state index is -0.0353. The Morgan fingerprint density at radius 2 is 1.86 bits per heavy atom. The van der Waals surface area contributed by atoms with Gasteiger partial charge in [-0.05, 0) is 30.5 Å². The fourth-order valence-electron chi connectivity index (χ4n) is 2.26. The lowest BCUT2D eigenvalue weighted by Crippen LogP contribution is -2.01. The molecule has 0 aliphatic carbocycles. The molecule has 1 heterocycles. The zero-order chi connectivity index (χ0) is 14.5. The Kier molecular flexibility index (Phi) is 4.01. The molecular weight excluding hydrogens is 264 g/mol. The second-order valence-corrected chi connectivity index (χ2v) is 4.88. The molecule has 0 saturated heterocycles. The molecule has 3 rings (SSSR count). The first kappa shape index (κ1) is 13.4. The van der Waals surface area contributed by atoms with Gasteiger partial charge < -0.3 is 9.15 Å². The van der Waals surface area contributed by atoms with Gasteiger partial charge in [0.25, 0.3) is 0 Å². The smallest absolute Gasteiger partial charge is 0.192 e. The van der Waals surface area contributed by atoms with Gasteiger partial charge in [-0.2, -0.15) is 0 Å². The molecule has 0 aliphatic heterocycles. The standard InChI is InChI=1S/C18H16O3/c19-17-10-12-21-18-13-15(8-9-16(17)18)20-11-4-7-14-5-2-1-3-6-14/h1-3,5-6,8-10,12-13H,4,7,11H2. The topological polar surface area (TPSA) is 39.4 Å². The molecule has 0 radical (unpaired) electrons. The summed E-state index contributed by atoms with van der Waals surface area (Å²) in [6.45, 7) is 0.636. The van der Waals surface area contributed by atoms with Gasteiger partial charge in [-0.15, -0.1) is 0 Å². The Balaban J connectivity index is 1.59. The minimum absolute atomic E-state index is 0.0353. The Morgan fingerprint density at radius 1 is 1.00 bits per heavy atom. The third-order valence-corrected chi connectivity index (χ3v) is 3.35. The summed E-state index contributed by atoms with van der Waals surface area (Å²) < 4.78 is 11.0. The molecule has 0 spiro atoms. The Hall–Kier alpha value is -2.55. The third kappa shape index (κ3) is 3.31. The number of aryl methyl sites for hydroxylation is 1. The molecule has 3 aromatic rings. The average molecular weight is 280 g/mol. The highest BCUT2D eigenvalue weighted by molar-refractivity contribution is 5.77. The van der Waals surface area contributed by atoms with Crippen LogP contribution in [0.5, 0.6) is 5.75 Å². The number of benzene rings is 2. The number of hydrogen-bond acceptors (Lipinski definition) is 3. The molecule has 21 heavy (non-hydrogen) atoms. The molecule has 3 heteroatoms. The van der Waals surface area contributed by atoms with Crippen LogP contribution in [0.2, 0.25) is 0 Å². The maximum atomic E-state index is 11.6. The van der Waals surface area contributed by atoms with E-state index in [0.29, 0.717) is 17.6 Å². The van der Waals surface area contributed by atoms with E-state index in [1.165, 1.54) is 17.9 Å². The molecule has 0 unspecified atom stereocenters. The van der Waals surface area contributed by atoms with Crippen LogP contribution in [0.4, 0.5) is 0 Å². The van der Waals surface area contributed by atoms with Crippen LogP contribution in [-0.2, 0) is 6.42 Å². The monoisotopic (exact) mass is 280 g/mol. The van der Waals surface area contributed by atoms with Crippen LogP contribution in [0, 0.1) is 0 Å². The van der Waals surface area contributed by atoms with E-state index < -0.39 is 0 Å². The van der Waals surface area contributed by atoms with E-state index in [1.54, 1.807) is 12.1 Å². The predicted octanol–water partition coefficient (Wildman–Crippen LogP) is 3.80. The van der Waals surface area contributed by atoms with E-state index in [-0.39, 0.29) is 5.43 Å². The maximum Gasteiger partial charge on any atom is 0.192 e. The number of rotatable bonds is 5. The van der Waals surface area contributed by atoms with E-state index in [2.05, 4.69) is 12.1 Å². The van der Waals surface area contributed by atoms with Crippen molar-refractivity contribution in [2.45, 2.75) is 12.8 Å². The van der Waals surface area contributed by atoms with Gasteiger partial charge in [0.1, 0.15) is 11.3 Å². The van der Waals surface area contributed by atoms with Gasteiger partial charge in [-0.1, -0.05) is 30.3 Å². The summed E-state index contributed by atoms with van der Waals surface area (Å²) in [6.07, 6.45) is 3.34. The molecule has 0 fully saturated rings. The van der Waals surface area contributed by atoms with E-state index >= 15 is 0 Å². The summed E-state index contributed by atoms with van der Waals surface area (Å²) in [5, 5.41) is 0.578. The number of ether oxygens (including phenoxy) is 1. The summed E-state index contributed by atoms with van der Waals surface area (Å²) in [5.41, 5.74) is 1.83. The van der Waals surface area contributed by atoms with Crippen LogP contribution in [-0.4, -0.2) is 6.61 Å². The van der Waals surface area contributed by atoms with Gasteiger partial charge in [0.2, 0.25) is 0 Å². The van der Waals surface area contributed by atoms with Crippen molar-refractivity contribution in [3.63, 3.8) is 0 Å². The summed E-state index contributed by atoms with van der Waals surface area (Å²) in [7, 11) is 0. The maximum absolute atomic E-state index is 11.6. The van der Waals surface area contributed by atoms with Crippen molar-refractivity contribution in [2.75, 3.05) is 6.61 Å².